The summed E-state index contributed by atoms with van der Waals surface area (Å²) in [4.78, 5) is 57.4. The van der Waals surface area contributed by atoms with Crippen molar-refractivity contribution >= 4 is 53.3 Å². The minimum Gasteiger partial charge on any atom is -0.497 e. The smallest absolute Gasteiger partial charge is 0.264 e. The van der Waals surface area contributed by atoms with Gasteiger partial charge in [0.25, 0.3) is 11.8 Å². The van der Waals surface area contributed by atoms with E-state index in [9.17, 15) is 24.3 Å². The van der Waals surface area contributed by atoms with Crippen molar-refractivity contribution in [3.05, 3.63) is 123 Å². The van der Waals surface area contributed by atoms with Gasteiger partial charge in [0.1, 0.15) is 5.75 Å². The molecule has 0 unspecified atom stereocenters. The van der Waals surface area contributed by atoms with Crippen LogP contribution in [0.25, 0.3) is 0 Å². The van der Waals surface area contributed by atoms with Crippen LogP contribution in [0.4, 0.5) is 11.4 Å². The van der Waals surface area contributed by atoms with Crippen LogP contribution in [0, 0.1) is 5.92 Å². The van der Waals surface area contributed by atoms with E-state index in [-0.39, 0.29) is 43.3 Å². The standard InChI is InChI=1S/C41H44BrN3O7Si/c1-25-38(53(3,4)50)36(21-37(47)44-23-29-10-6-5-9-28(29)19-32(44)24-46)52-41(25)34-20-30(42)14-17-35(34)45(40(41)49)22-26-8-7-11-31(18-26)43-39(48)27-12-15-33(51-2)16-13-27/h5-18,20,25,32,36,38,46,50H,19,21-24H2,1-4H3,(H,43,48)/t25-,32+,36+,38-,41+/m1/s1. The van der Waals surface area contributed by atoms with Crippen LogP contribution in [0.3, 0.4) is 0 Å². The van der Waals surface area contributed by atoms with Crippen molar-refractivity contribution in [1.29, 1.82) is 0 Å². The summed E-state index contributed by atoms with van der Waals surface area (Å²) >= 11 is 3.61. The molecule has 4 aromatic rings. The highest BCUT2D eigenvalue weighted by Gasteiger charge is 2.66. The van der Waals surface area contributed by atoms with Crippen molar-refractivity contribution in [3.63, 3.8) is 0 Å². The van der Waals surface area contributed by atoms with Gasteiger partial charge in [-0.15, -0.1) is 0 Å². The number of hydrogen-bond acceptors (Lipinski definition) is 7. The highest BCUT2D eigenvalue weighted by atomic mass is 79.9. The molecule has 1 spiro atoms. The number of methoxy groups -OCH3 is 1. The maximum absolute atomic E-state index is 15.0. The number of nitrogens with zero attached hydrogens (tertiary/aromatic N) is 2. The van der Waals surface area contributed by atoms with Crippen molar-refractivity contribution in [1.82, 2.24) is 4.90 Å². The van der Waals surface area contributed by atoms with Crippen LogP contribution in [0.15, 0.2) is 95.5 Å². The van der Waals surface area contributed by atoms with Crippen LogP contribution >= 0.6 is 15.9 Å². The maximum Gasteiger partial charge on any atom is 0.264 e. The molecule has 0 bridgehead atoms. The monoisotopic (exact) mass is 797 g/mol. The largest absolute Gasteiger partial charge is 0.497 e. The number of ether oxygens (including phenoxy) is 2. The zero-order chi connectivity index (χ0) is 37.7. The van der Waals surface area contributed by atoms with Gasteiger partial charge in [-0.2, -0.15) is 0 Å². The molecule has 3 heterocycles. The Morgan fingerprint density at radius 2 is 1.75 bits per heavy atom. The van der Waals surface area contributed by atoms with Crippen molar-refractivity contribution in [2.24, 2.45) is 5.92 Å². The summed E-state index contributed by atoms with van der Waals surface area (Å²) in [5, 5.41) is 13.3. The molecule has 0 radical (unpaired) electrons. The van der Waals surface area contributed by atoms with Crippen molar-refractivity contribution in [3.8, 4) is 5.75 Å². The molecule has 1 fully saturated rings. The molecule has 3 aliphatic rings. The molecular formula is C41H44BrN3O7Si. The van der Waals surface area contributed by atoms with Crippen LogP contribution in [0.5, 0.6) is 5.75 Å². The molecule has 4 aromatic carbocycles. The normalized spacial score (nSPS) is 23.6. The third kappa shape index (κ3) is 6.83. The van der Waals surface area contributed by atoms with Crippen LogP contribution in [-0.2, 0) is 39.4 Å². The van der Waals surface area contributed by atoms with Crippen LogP contribution in [0.2, 0.25) is 18.6 Å². The first-order valence-corrected chi connectivity index (χ1v) is 21.7. The van der Waals surface area contributed by atoms with Gasteiger partial charge < -0.3 is 34.5 Å². The number of anilines is 2. The Hall–Kier alpha value is -4.33. The van der Waals surface area contributed by atoms with Crippen molar-refractivity contribution in [2.45, 2.75) is 69.2 Å². The van der Waals surface area contributed by atoms with Crippen LogP contribution < -0.4 is 15.0 Å². The van der Waals surface area contributed by atoms with E-state index in [1.54, 1.807) is 47.2 Å². The molecule has 12 heteroatoms. The molecule has 3 amide bonds. The summed E-state index contributed by atoms with van der Waals surface area (Å²) < 4.78 is 12.9. The molecule has 10 nitrogen and oxygen atoms in total. The van der Waals surface area contributed by atoms with Gasteiger partial charge in [0, 0.05) is 39.3 Å². The Morgan fingerprint density at radius 1 is 1.02 bits per heavy atom. The molecule has 5 atom stereocenters. The van der Waals surface area contributed by atoms with Crippen molar-refractivity contribution in [2.75, 3.05) is 23.9 Å². The van der Waals surface area contributed by atoms with E-state index in [2.05, 4.69) is 21.2 Å². The lowest BCUT2D eigenvalue weighted by Crippen LogP contribution is -2.48. The number of fused-ring (bicyclic) bond motifs is 3. The Bertz CT molecular complexity index is 2050. The molecule has 0 aliphatic carbocycles. The second-order valence-corrected chi connectivity index (χ2v) is 19.7. The van der Waals surface area contributed by atoms with E-state index in [1.165, 1.54) is 0 Å². The first-order chi connectivity index (χ1) is 25.3. The molecule has 7 rings (SSSR count). The van der Waals surface area contributed by atoms with E-state index >= 15 is 0 Å². The third-order valence-corrected chi connectivity index (χ3v) is 14.1. The minimum absolute atomic E-state index is 0.0288. The van der Waals surface area contributed by atoms with Gasteiger partial charge in [-0.3, -0.25) is 14.4 Å². The molecule has 53 heavy (non-hydrogen) atoms. The third-order valence-electron chi connectivity index (χ3n) is 11.1. The number of hydrogen-bond donors (Lipinski definition) is 3. The lowest BCUT2D eigenvalue weighted by molar-refractivity contribution is -0.151. The molecule has 0 aromatic heterocycles. The first-order valence-electron chi connectivity index (χ1n) is 17.9. The van der Waals surface area contributed by atoms with E-state index in [4.69, 9.17) is 9.47 Å². The number of carbonyl (C=O) groups is 3. The first kappa shape index (κ1) is 37.0. The Balaban J connectivity index is 1.17. The van der Waals surface area contributed by atoms with Crippen molar-refractivity contribution < 1.29 is 33.8 Å². The number of rotatable bonds is 9. The number of carbonyl (C=O) groups excluding carboxylic acids is 3. The number of aliphatic hydroxyl groups is 1. The molecule has 3 N–H and O–H groups in total. The Labute approximate surface area is 319 Å². The van der Waals surface area contributed by atoms with Crippen LogP contribution in [-0.4, -0.2) is 66.7 Å². The predicted molar refractivity (Wildman–Crippen MR) is 208 cm³/mol. The fourth-order valence-electron chi connectivity index (χ4n) is 8.61. The number of benzene rings is 4. The summed E-state index contributed by atoms with van der Waals surface area (Å²) in [5.41, 5.74) is 3.51. The number of nitrogens with one attached hydrogen (secondary N) is 1. The number of amides is 3. The van der Waals surface area contributed by atoms with Gasteiger partial charge in [0.05, 0.1) is 44.5 Å². The topological polar surface area (TPSA) is 129 Å². The number of halogens is 1. The van der Waals surface area contributed by atoms with Gasteiger partial charge >= 0.3 is 0 Å². The second-order valence-electron chi connectivity index (χ2n) is 14.8. The van der Waals surface area contributed by atoms with E-state index in [1.807, 2.05) is 80.7 Å². The molecule has 276 valence electrons. The second kappa shape index (κ2) is 14.5. The quantitative estimate of drug-likeness (QED) is 0.168. The van der Waals surface area contributed by atoms with Crippen LogP contribution in [0.1, 0.15) is 46.0 Å². The maximum atomic E-state index is 15.0. The highest BCUT2D eigenvalue weighted by molar-refractivity contribution is 9.10. The molecular weight excluding hydrogens is 754 g/mol. The SMILES string of the molecule is COc1ccc(C(=O)Nc2cccc(CN3C(=O)[C@@]4(O[C@@H](CC(=O)N5Cc6ccccc6C[C@H]5CO)[C@H]([Si](C)(C)O)[C@H]4C)c4cc(Br)ccc43)c2)cc1. The van der Waals surface area contributed by atoms with Gasteiger partial charge in [0.15, 0.2) is 13.9 Å². The highest BCUT2D eigenvalue weighted by Crippen LogP contribution is 2.60. The van der Waals surface area contributed by atoms with Gasteiger partial charge in [-0.05, 0) is 90.8 Å². The zero-order valence-electron chi connectivity index (χ0n) is 30.2. The summed E-state index contributed by atoms with van der Waals surface area (Å²) in [6.07, 6.45) is -0.207. The Kier molecular flexibility index (Phi) is 10.1. The summed E-state index contributed by atoms with van der Waals surface area (Å²) in [6.45, 7) is 6.04. The predicted octanol–water partition coefficient (Wildman–Crippen LogP) is 6.39. The molecule has 3 aliphatic heterocycles. The van der Waals surface area contributed by atoms with E-state index in [0.29, 0.717) is 41.2 Å². The lowest BCUT2D eigenvalue weighted by atomic mass is 9.82. The minimum atomic E-state index is -3.04. The summed E-state index contributed by atoms with van der Waals surface area (Å²) in [7, 11) is -1.47. The summed E-state index contributed by atoms with van der Waals surface area (Å²) in [5.74, 6) is -0.512. The lowest BCUT2D eigenvalue weighted by Gasteiger charge is -2.37. The zero-order valence-corrected chi connectivity index (χ0v) is 32.8. The average Bonchev–Trinajstić information content (AvgIpc) is 3.56. The van der Waals surface area contributed by atoms with E-state index < -0.39 is 31.5 Å². The average molecular weight is 799 g/mol. The number of aliphatic hydroxyl groups excluding tert-OH is 1. The molecule has 0 saturated carbocycles. The van der Waals surface area contributed by atoms with E-state index in [0.717, 1.165) is 21.2 Å². The fourth-order valence-corrected chi connectivity index (χ4v) is 11.5. The summed E-state index contributed by atoms with van der Waals surface area (Å²) in [6, 6.07) is 27.5. The van der Waals surface area contributed by atoms with Gasteiger partial charge in [-0.25, -0.2) is 0 Å². The van der Waals surface area contributed by atoms with Gasteiger partial charge in [-0.1, -0.05) is 59.3 Å². The molecule has 1 saturated heterocycles. The van der Waals surface area contributed by atoms with Gasteiger partial charge in [0.2, 0.25) is 5.91 Å². The Morgan fingerprint density at radius 3 is 2.45 bits per heavy atom. The fraction of sp³-hybridized carbons (Fsp3) is 0.341.